The number of phenols is 1. The molecular formula is C20H18O. The van der Waals surface area contributed by atoms with Crippen molar-refractivity contribution in [2.75, 3.05) is 0 Å². The Morgan fingerprint density at radius 1 is 0.619 bits per heavy atom. The van der Waals surface area contributed by atoms with E-state index in [0.717, 1.165) is 16.7 Å². The summed E-state index contributed by atoms with van der Waals surface area (Å²) < 4.78 is 0. The third kappa shape index (κ3) is 2.55. The molecule has 1 nitrogen and oxygen atoms in total. The monoisotopic (exact) mass is 274 g/mol. The topological polar surface area (TPSA) is 20.2 Å². The van der Waals surface area contributed by atoms with Gasteiger partial charge in [-0.3, -0.25) is 0 Å². The summed E-state index contributed by atoms with van der Waals surface area (Å²) in [6.45, 7) is 4.12. The van der Waals surface area contributed by atoms with Crippen LogP contribution < -0.4 is 0 Å². The number of phenolic OH excluding ortho intramolecular Hbond substituents is 1. The zero-order valence-corrected chi connectivity index (χ0v) is 12.3. The van der Waals surface area contributed by atoms with Crippen LogP contribution in [0, 0.1) is 13.8 Å². The normalized spacial score (nSPS) is 10.6. The van der Waals surface area contributed by atoms with Crippen LogP contribution in [-0.2, 0) is 0 Å². The van der Waals surface area contributed by atoms with Crippen molar-refractivity contribution >= 4 is 0 Å². The third-order valence-electron chi connectivity index (χ3n) is 3.99. The second-order valence-corrected chi connectivity index (χ2v) is 5.34. The Hall–Kier alpha value is -2.54. The molecule has 0 saturated heterocycles. The van der Waals surface area contributed by atoms with Gasteiger partial charge in [0.05, 0.1) is 0 Å². The maximum atomic E-state index is 10.2. The second kappa shape index (κ2) is 5.45. The first kappa shape index (κ1) is 13.4. The Labute approximate surface area is 125 Å². The molecule has 0 heterocycles. The van der Waals surface area contributed by atoms with Gasteiger partial charge in [-0.05, 0) is 47.7 Å². The molecule has 1 N–H and O–H groups in total. The minimum atomic E-state index is 0.338. The van der Waals surface area contributed by atoms with Crippen molar-refractivity contribution in [1.82, 2.24) is 0 Å². The van der Waals surface area contributed by atoms with E-state index in [0.29, 0.717) is 5.75 Å². The zero-order chi connectivity index (χ0) is 14.8. The van der Waals surface area contributed by atoms with Crippen molar-refractivity contribution < 1.29 is 5.11 Å². The van der Waals surface area contributed by atoms with E-state index in [1.54, 1.807) is 6.07 Å². The summed E-state index contributed by atoms with van der Waals surface area (Å²) in [5, 5.41) is 10.2. The van der Waals surface area contributed by atoms with Crippen LogP contribution in [0.3, 0.4) is 0 Å². The van der Waals surface area contributed by atoms with E-state index in [9.17, 15) is 5.11 Å². The molecule has 0 spiro atoms. The van der Waals surface area contributed by atoms with Crippen molar-refractivity contribution in [3.8, 4) is 28.0 Å². The van der Waals surface area contributed by atoms with Gasteiger partial charge in [-0.1, -0.05) is 60.7 Å². The second-order valence-electron chi connectivity index (χ2n) is 5.34. The molecule has 3 aromatic carbocycles. The molecular weight excluding hydrogens is 256 g/mol. The number of hydrogen-bond donors (Lipinski definition) is 1. The van der Waals surface area contributed by atoms with Gasteiger partial charge in [0, 0.05) is 5.56 Å². The summed E-state index contributed by atoms with van der Waals surface area (Å²) in [5.41, 5.74) is 6.68. The van der Waals surface area contributed by atoms with Crippen molar-refractivity contribution in [3.05, 3.63) is 77.9 Å². The highest BCUT2D eigenvalue weighted by Crippen LogP contribution is 2.35. The van der Waals surface area contributed by atoms with Crippen molar-refractivity contribution in [3.63, 3.8) is 0 Å². The SMILES string of the molecule is Cc1ccc(O)c(-c2ccc(-c3ccccc3)cc2)c1C. The van der Waals surface area contributed by atoms with Crippen LogP contribution in [0.2, 0.25) is 0 Å². The van der Waals surface area contributed by atoms with Crippen LogP contribution in [0.1, 0.15) is 11.1 Å². The molecule has 0 bridgehead atoms. The Morgan fingerprint density at radius 3 is 1.86 bits per heavy atom. The molecule has 0 aromatic heterocycles. The lowest BCUT2D eigenvalue weighted by molar-refractivity contribution is 0.477. The molecule has 0 fully saturated rings. The van der Waals surface area contributed by atoms with Gasteiger partial charge in [0.1, 0.15) is 5.75 Å². The van der Waals surface area contributed by atoms with Crippen LogP contribution in [0.4, 0.5) is 0 Å². The van der Waals surface area contributed by atoms with Gasteiger partial charge in [0.25, 0.3) is 0 Å². The first-order valence-electron chi connectivity index (χ1n) is 7.12. The lowest BCUT2D eigenvalue weighted by Gasteiger charge is -2.12. The lowest BCUT2D eigenvalue weighted by atomic mass is 9.94. The smallest absolute Gasteiger partial charge is 0.123 e. The molecule has 0 aliphatic rings. The summed E-state index contributed by atoms with van der Waals surface area (Å²) in [5.74, 6) is 0.338. The fourth-order valence-corrected chi connectivity index (χ4v) is 2.63. The molecule has 0 aliphatic carbocycles. The van der Waals surface area contributed by atoms with Gasteiger partial charge < -0.3 is 5.11 Å². The predicted molar refractivity (Wildman–Crippen MR) is 88.5 cm³/mol. The first-order chi connectivity index (χ1) is 10.2. The molecule has 1 heteroatoms. The number of benzene rings is 3. The van der Waals surface area contributed by atoms with Crippen LogP contribution in [0.15, 0.2) is 66.7 Å². The largest absolute Gasteiger partial charge is 0.507 e. The van der Waals surface area contributed by atoms with Crippen LogP contribution >= 0.6 is 0 Å². The van der Waals surface area contributed by atoms with E-state index in [1.807, 2.05) is 24.3 Å². The van der Waals surface area contributed by atoms with Gasteiger partial charge in [-0.15, -0.1) is 0 Å². The molecule has 3 rings (SSSR count). The van der Waals surface area contributed by atoms with Crippen LogP contribution in [0.5, 0.6) is 5.75 Å². The van der Waals surface area contributed by atoms with Gasteiger partial charge in [-0.2, -0.15) is 0 Å². The maximum Gasteiger partial charge on any atom is 0.123 e. The Morgan fingerprint density at radius 2 is 1.19 bits per heavy atom. The van der Waals surface area contributed by atoms with Gasteiger partial charge in [0.2, 0.25) is 0 Å². The van der Waals surface area contributed by atoms with Gasteiger partial charge in [0.15, 0.2) is 0 Å². The minimum Gasteiger partial charge on any atom is -0.507 e. The highest BCUT2D eigenvalue weighted by Gasteiger charge is 2.09. The molecule has 0 atom stereocenters. The van der Waals surface area contributed by atoms with Crippen LogP contribution in [-0.4, -0.2) is 5.11 Å². The van der Waals surface area contributed by atoms with E-state index < -0.39 is 0 Å². The molecule has 104 valence electrons. The minimum absolute atomic E-state index is 0.338. The average Bonchev–Trinajstić information content (AvgIpc) is 2.53. The molecule has 0 amide bonds. The molecule has 0 saturated carbocycles. The zero-order valence-electron chi connectivity index (χ0n) is 12.3. The Bertz CT molecular complexity index is 756. The predicted octanol–water partition coefficient (Wildman–Crippen LogP) is 5.34. The number of aromatic hydroxyl groups is 1. The van der Waals surface area contributed by atoms with E-state index in [-0.39, 0.29) is 0 Å². The quantitative estimate of drug-likeness (QED) is 0.668. The fourth-order valence-electron chi connectivity index (χ4n) is 2.63. The molecule has 0 unspecified atom stereocenters. The van der Waals surface area contributed by atoms with Crippen molar-refractivity contribution in [2.45, 2.75) is 13.8 Å². The third-order valence-corrected chi connectivity index (χ3v) is 3.99. The Kier molecular flexibility index (Phi) is 3.49. The van der Waals surface area contributed by atoms with E-state index in [4.69, 9.17) is 0 Å². The number of hydrogen-bond acceptors (Lipinski definition) is 1. The number of rotatable bonds is 2. The number of aryl methyl sites for hydroxylation is 1. The standard InChI is InChI=1S/C20H18O/c1-14-8-13-19(21)20(15(14)2)18-11-9-17(10-12-18)16-6-4-3-5-7-16/h3-13,21H,1-2H3. The summed E-state index contributed by atoms with van der Waals surface area (Å²) >= 11 is 0. The van der Waals surface area contributed by atoms with Crippen LogP contribution in [0.25, 0.3) is 22.3 Å². The first-order valence-corrected chi connectivity index (χ1v) is 7.12. The van der Waals surface area contributed by atoms with Gasteiger partial charge in [-0.25, -0.2) is 0 Å². The highest BCUT2D eigenvalue weighted by molar-refractivity contribution is 5.77. The lowest BCUT2D eigenvalue weighted by Crippen LogP contribution is -1.88. The summed E-state index contributed by atoms with van der Waals surface area (Å²) in [6.07, 6.45) is 0. The summed E-state index contributed by atoms with van der Waals surface area (Å²) in [6, 6.07) is 22.4. The van der Waals surface area contributed by atoms with Crippen molar-refractivity contribution in [1.29, 1.82) is 0 Å². The average molecular weight is 274 g/mol. The summed E-state index contributed by atoms with van der Waals surface area (Å²) in [7, 11) is 0. The molecule has 0 radical (unpaired) electrons. The van der Waals surface area contributed by atoms with Gasteiger partial charge >= 0.3 is 0 Å². The van der Waals surface area contributed by atoms with E-state index in [2.05, 4.69) is 50.2 Å². The maximum absolute atomic E-state index is 10.2. The molecule has 21 heavy (non-hydrogen) atoms. The Balaban J connectivity index is 2.05. The molecule has 0 aliphatic heterocycles. The van der Waals surface area contributed by atoms with E-state index in [1.165, 1.54) is 16.7 Å². The highest BCUT2D eigenvalue weighted by atomic mass is 16.3. The fraction of sp³-hybridized carbons (Fsp3) is 0.100. The summed E-state index contributed by atoms with van der Waals surface area (Å²) in [4.78, 5) is 0. The van der Waals surface area contributed by atoms with Crippen molar-refractivity contribution in [2.24, 2.45) is 0 Å². The molecule has 3 aromatic rings. The van der Waals surface area contributed by atoms with E-state index >= 15 is 0 Å².